The van der Waals surface area contributed by atoms with Gasteiger partial charge < -0.3 is 4.52 Å². The minimum atomic E-state index is -4.49. The molecule has 0 aromatic heterocycles. The van der Waals surface area contributed by atoms with E-state index in [1.165, 1.54) is 0 Å². The van der Waals surface area contributed by atoms with E-state index in [2.05, 4.69) is 9.56 Å². The highest BCUT2D eigenvalue weighted by Crippen LogP contribution is 2.44. The zero-order valence-electron chi connectivity index (χ0n) is 12.6. The molecule has 1 aromatic rings. The molecule has 0 amide bonds. The molecule has 0 radical (unpaired) electrons. The summed E-state index contributed by atoms with van der Waals surface area (Å²) in [5, 5.41) is 0. The number of benzene rings is 1. The SMILES string of the molecule is CC(C)CC(=O)OOP(=O)(O)Oc1ccc(C(C)C)cc1. The Morgan fingerprint density at radius 3 is 2.24 bits per heavy atom. The van der Waals surface area contributed by atoms with Gasteiger partial charge in [-0.3, -0.25) is 9.78 Å². The van der Waals surface area contributed by atoms with Gasteiger partial charge in [0, 0.05) is 0 Å². The summed E-state index contributed by atoms with van der Waals surface area (Å²) in [5.74, 6) is -0.167. The standard InChI is InChI=1S/C14H21O6P/c1-10(2)9-14(15)18-20-21(16,17)19-13-7-5-12(6-8-13)11(3)4/h5-8,10-11H,9H2,1-4H3,(H,16,17). The average Bonchev–Trinajstić information content (AvgIpc) is 2.36. The minimum Gasteiger partial charge on any atom is -0.402 e. The molecule has 0 heterocycles. The number of carbonyl (C=O) groups is 1. The monoisotopic (exact) mass is 316 g/mol. The maximum absolute atomic E-state index is 11.6. The Kier molecular flexibility index (Phi) is 6.40. The van der Waals surface area contributed by atoms with Gasteiger partial charge in [-0.25, -0.2) is 9.36 Å². The number of rotatable bonds is 7. The molecule has 0 aliphatic rings. The van der Waals surface area contributed by atoms with Crippen molar-refractivity contribution in [2.24, 2.45) is 5.92 Å². The average molecular weight is 316 g/mol. The van der Waals surface area contributed by atoms with Crippen molar-refractivity contribution in [1.82, 2.24) is 0 Å². The van der Waals surface area contributed by atoms with Crippen LogP contribution < -0.4 is 4.52 Å². The van der Waals surface area contributed by atoms with Gasteiger partial charge in [-0.1, -0.05) is 44.5 Å². The molecular formula is C14H21O6P. The van der Waals surface area contributed by atoms with E-state index in [0.29, 0.717) is 5.92 Å². The second-order valence-electron chi connectivity index (χ2n) is 5.41. The van der Waals surface area contributed by atoms with Crippen LogP contribution in [0.3, 0.4) is 0 Å². The van der Waals surface area contributed by atoms with Crippen molar-refractivity contribution < 1.29 is 28.3 Å². The van der Waals surface area contributed by atoms with Crippen molar-refractivity contribution in [3.05, 3.63) is 29.8 Å². The Morgan fingerprint density at radius 1 is 1.19 bits per heavy atom. The maximum Gasteiger partial charge on any atom is 0.564 e. The first-order valence-electron chi connectivity index (χ1n) is 6.71. The number of hydrogen-bond donors (Lipinski definition) is 1. The van der Waals surface area contributed by atoms with Gasteiger partial charge in [-0.2, -0.15) is 0 Å². The molecule has 0 aliphatic heterocycles. The van der Waals surface area contributed by atoms with Gasteiger partial charge in [-0.15, -0.1) is 0 Å². The minimum absolute atomic E-state index is 0.0590. The summed E-state index contributed by atoms with van der Waals surface area (Å²) in [7, 11) is -4.49. The Labute approximate surface area is 124 Å². The zero-order chi connectivity index (χ0) is 16.0. The third-order valence-corrected chi connectivity index (χ3v) is 3.27. The van der Waals surface area contributed by atoms with Crippen molar-refractivity contribution in [3.8, 4) is 5.75 Å². The number of hydrogen-bond acceptors (Lipinski definition) is 5. The summed E-state index contributed by atoms with van der Waals surface area (Å²) in [4.78, 5) is 25.0. The summed E-state index contributed by atoms with van der Waals surface area (Å²) >= 11 is 0. The van der Waals surface area contributed by atoms with Crippen LogP contribution in [0.15, 0.2) is 24.3 Å². The van der Waals surface area contributed by atoms with E-state index in [4.69, 9.17) is 4.52 Å². The lowest BCUT2D eigenvalue weighted by Gasteiger charge is -2.12. The lowest BCUT2D eigenvalue weighted by Crippen LogP contribution is -2.09. The van der Waals surface area contributed by atoms with E-state index in [1.54, 1.807) is 24.3 Å². The first-order chi connectivity index (χ1) is 9.69. The van der Waals surface area contributed by atoms with Crippen LogP contribution in [-0.4, -0.2) is 10.9 Å². The smallest absolute Gasteiger partial charge is 0.402 e. The molecule has 0 aliphatic carbocycles. The normalized spacial score (nSPS) is 14.0. The van der Waals surface area contributed by atoms with Gasteiger partial charge >= 0.3 is 13.8 Å². The summed E-state index contributed by atoms with van der Waals surface area (Å²) in [6.45, 7) is 7.69. The van der Waals surface area contributed by atoms with Gasteiger partial charge in [-0.05, 0) is 29.5 Å². The van der Waals surface area contributed by atoms with Crippen LogP contribution in [0.5, 0.6) is 5.75 Å². The fraction of sp³-hybridized carbons (Fsp3) is 0.500. The first-order valence-corrected chi connectivity index (χ1v) is 8.20. The number of carbonyl (C=O) groups excluding carboxylic acids is 1. The van der Waals surface area contributed by atoms with E-state index in [0.717, 1.165) is 5.56 Å². The molecule has 1 unspecified atom stereocenters. The fourth-order valence-electron chi connectivity index (χ4n) is 1.52. The molecule has 7 heteroatoms. The highest BCUT2D eigenvalue weighted by atomic mass is 31.2. The van der Waals surface area contributed by atoms with Crippen molar-refractivity contribution in [2.75, 3.05) is 0 Å². The summed E-state index contributed by atoms with van der Waals surface area (Å²) in [6, 6.07) is 6.67. The molecule has 0 saturated carbocycles. The largest absolute Gasteiger partial charge is 0.564 e. The predicted molar refractivity (Wildman–Crippen MR) is 77.6 cm³/mol. The topological polar surface area (TPSA) is 82.1 Å². The lowest BCUT2D eigenvalue weighted by atomic mass is 10.0. The third kappa shape index (κ3) is 6.76. The highest BCUT2D eigenvalue weighted by Gasteiger charge is 2.27. The van der Waals surface area contributed by atoms with E-state index in [-0.39, 0.29) is 18.1 Å². The molecule has 0 spiro atoms. The van der Waals surface area contributed by atoms with E-state index in [1.807, 2.05) is 27.7 Å². The molecular weight excluding hydrogens is 295 g/mol. The molecule has 21 heavy (non-hydrogen) atoms. The summed E-state index contributed by atoms with van der Waals surface area (Å²) in [6.07, 6.45) is 0.0864. The second kappa shape index (κ2) is 7.59. The van der Waals surface area contributed by atoms with Gasteiger partial charge in [0.25, 0.3) is 0 Å². The molecule has 118 valence electrons. The van der Waals surface area contributed by atoms with Gasteiger partial charge in [0.15, 0.2) is 0 Å². The maximum atomic E-state index is 11.6. The molecule has 1 aromatic carbocycles. The first kappa shape index (κ1) is 17.7. The highest BCUT2D eigenvalue weighted by molar-refractivity contribution is 7.47. The Hall–Kier alpha value is -1.36. The lowest BCUT2D eigenvalue weighted by molar-refractivity contribution is -0.222. The van der Waals surface area contributed by atoms with E-state index in [9.17, 15) is 14.3 Å². The van der Waals surface area contributed by atoms with Crippen LogP contribution in [0, 0.1) is 5.92 Å². The summed E-state index contributed by atoms with van der Waals surface area (Å²) < 4.78 is 20.6. The van der Waals surface area contributed by atoms with E-state index < -0.39 is 13.8 Å². The van der Waals surface area contributed by atoms with Gasteiger partial charge in [0.2, 0.25) is 0 Å². The van der Waals surface area contributed by atoms with Crippen LogP contribution in [-0.2, 0) is 18.9 Å². The van der Waals surface area contributed by atoms with Gasteiger partial charge in [0.05, 0.1) is 6.42 Å². The molecule has 0 fully saturated rings. The van der Waals surface area contributed by atoms with Gasteiger partial charge in [0.1, 0.15) is 5.75 Å². The van der Waals surface area contributed by atoms with Crippen molar-refractivity contribution in [2.45, 2.75) is 40.0 Å². The molecule has 1 N–H and O–H groups in total. The van der Waals surface area contributed by atoms with Crippen LogP contribution in [0.2, 0.25) is 0 Å². The third-order valence-electron chi connectivity index (χ3n) is 2.57. The molecule has 6 nitrogen and oxygen atoms in total. The molecule has 0 bridgehead atoms. The van der Waals surface area contributed by atoms with Crippen LogP contribution in [0.25, 0.3) is 0 Å². The van der Waals surface area contributed by atoms with E-state index >= 15 is 0 Å². The van der Waals surface area contributed by atoms with Crippen LogP contribution in [0.4, 0.5) is 0 Å². The van der Waals surface area contributed by atoms with Crippen molar-refractivity contribution >= 4 is 13.8 Å². The Balaban J connectivity index is 2.55. The van der Waals surface area contributed by atoms with Crippen molar-refractivity contribution in [3.63, 3.8) is 0 Å². The number of phosphoric ester groups is 1. The Morgan fingerprint density at radius 2 is 1.76 bits per heavy atom. The van der Waals surface area contributed by atoms with Crippen molar-refractivity contribution in [1.29, 1.82) is 0 Å². The predicted octanol–water partition coefficient (Wildman–Crippen LogP) is 3.81. The van der Waals surface area contributed by atoms with Crippen LogP contribution >= 0.6 is 7.82 Å². The fourth-order valence-corrected chi connectivity index (χ4v) is 2.11. The molecule has 0 saturated heterocycles. The van der Waals surface area contributed by atoms with Crippen LogP contribution in [0.1, 0.15) is 45.6 Å². The zero-order valence-corrected chi connectivity index (χ0v) is 13.5. The quantitative estimate of drug-likeness (QED) is 0.468. The second-order valence-corrected chi connectivity index (χ2v) is 6.68. The molecule has 1 rings (SSSR count). The molecule has 1 atom stereocenters. The number of phosphoric acid groups is 1. The Bertz CT molecular complexity index is 509. The summed E-state index contributed by atoms with van der Waals surface area (Å²) in [5.41, 5.74) is 1.07.